The van der Waals surface area contributed by atoms with E-state index in [2.05, 4.69) is 21.3 Å². The van der Waals surface area contributed by atoms with Crippen molar-refractivity contribution in [1.82, 2.24) is 19.7 Å². The lowest BCUT2D eigenvalue weighted by Crippen LogP contribution is -2.56. The summed E-state index contributed by atoms with van der Waals surface area (Å²) in [6.07, 6.45) is 1.39. The number of aromatic amines is 1. The Labute approximate surface area is 216 Å². The smallest absolute Gasteiger partial charge is 0.321 e. The average Bonchev–Trinajstić information content (AvgIpc) is 3.27. The summed E-state index contributed by atoms with van der Waals surface area (Å²) >= 11 is 0. The van der Waals surface area contributed by atoms with Gasteiger partial charge in [-0.25, -0.2) is 9.18 Å². The first-order valence-corrected chi connectivity index (χ1v) is 12.6. The second-order valence-corrected chi connectivity index (χ2v) is 10.4. The molecule has 0 aliphatic carbocycles. The van der Waals surface area contributed by atoms with Crippen molar-refractivity contribution in [2.45, 2.75) is 31.2 Å². The molecule has 1 unspecified atom stereocenters. The SMILES string of the molecule is COc1ccc2c3c([nH]c2c1)C(CN(C)C)N(C(C)=O)CC31CCN(C(=O)Nc2ccccc2F)CC1. The predicted molar refractivity (Wildman–Crippen MR) is 141 cm³/mol. The molecule has 0 bridgehead atoms. The van der Waals surface area contributed by atoms with Gasteiger partial charge in [-0.2, -0.15) is 0 Å². The molecule has 37 heavy (non-hydrogen) atoms. The van der Waals surface area contributed by atoms with E-state index in [1.54, 1.807) is 37.1 Å². The van der Waals surface area contributed by atoms with Crippen LogP contribution in [0.5, 0.6) is 5.75 Å². The zero-order chi connectivity index (χ0) is 26.3. The molecule has 0 radical (unpaired) electrons. The fraction of sp³-hybridized carbons (Fsp3) is 0.429. The number of para-hydroxylation sites is 1. The van der Waals surface area contributed by atoms with Crippen LogP contribution in [0.4, 0.5) is 14.9 Å². The molecule has 2 aliphatic rings. The Hall–Kier alpha value is -3.59. The molecule has 1 fully saturated rings. The fourth-order valence-corrected chi connectivity index (χ4v) is 5.99. The summed E-state index contributed by atoms with van der Waals surface area (Å²) in [6, 6.07) is 11.8. The number of likely N-dealkylation sites (tertiary alicyclic amines) is 1. The normalized spacial score (nSPS) is 18.8. The number of fused-ring (bicyclic) bond motifs is 4. The summed E-state index contributed by atoms with van der Waals surface area (Å²) < 4.78 is 19.6. The Morgan fingerprint density at radius 3 is 2.57 bits per heavy atom. The first kappa shape index (κ1) is 25.1. The molecule has 2 aliphatic heterocycles. The minimum atomic E-state index is -0.459. The summed E-state index contributed by atoms with van der Waals surface area (Å²) in [4.78, 5) is 35.3. The lowest BCUT2D eigenvalue weighted by Gasteiger charge is -2.50. The quantitative estimate of drug-likeness (QED) is 0.550. The van der Waals surface area contributed by atoms with E-state index in [-0.39, 0.29) is 29.1 Å². The van der Waals surface area contributed by atoms with E-state index in [4.69, 9.17) is 4.74 Å². The molecule has 3 amide bonds. The Morgan fingerprint density at radius 2 is 1.92 bits per heavy atom. The molecule has 1 atom stereocenters. The van der Waals surface area contributed by atoms with Crippen molar-refractivity contribution >= 4 is 28.5 Å². The van der Waals surface area contributed by atoms with Crippen molar-refractivity contribution in [3.63, 3.8) is 0 Å². The third kappa shape index (κ3) is 4.52. The van der Waals surface area contributed by atoms with E-state index in [9.17, 15) is 14.0 Å². The number of hydrogen-bond donors (Lipinski definition) is 2. The molecule has 8 nitrogen and oxygen atoms in total. The Kier molecular flexibility index (Phi) is 6.58. The first-order chi connectivity index (χ1) is 17.7. The zero-order valence-electron chi connectivity index (χ0n) is 21.8. The maximum Gasteiger partial charge on any atom is 0.321 e. The van der Waals surface area contributed by atoms with Crippen LogP contribution in [0.2, 0.25) is 0 Å². The molecule has 1 spiro atoms. The number of nitrogens with zero attached hydrogens (tertiary/aromatic N) is 3. The van der Waals surface area contributed by atoms with Crippen LogP contribution in [0.25, 0.3) is 10.9 Å². The highest BCUT2D eigenvalue weighted by atomic mass is 19.1. The van der Waals surface area contributed by atoms with Crippen molar-refractivity contribution in [3.05, 3.63) is 59.5 Å². The van der Waals surface area contributed by atoms with E-state index in [0.29, 0.717) is 39.0 Å². The number of ether oxygens (including phenoxy) is 1. The number of likely N-dealkylation sites (N-methyl/N-ethyl adjacent to an activating group) is 1. The van der Waals surface area contributed by atoms with Crippen LogP contribution in [0.1, 0.15) is 37.1 Å². The number of amides is 3. The number of hydrogen-bond acceptors (Lipinski definition) is 4. The van der Waals surface area contributed by atoms with Gasteiger partial charge in [0.05, 0.1) is 18.8 Å². The molecule has 196 valence electrons. The minimum Gasteiger partial charge on any atom is -0.497 e. The second-order valence-electron chi connectivity index (χ2n) is 10.4. The van der Waals surface area contributed by atoms with Crippen molar-refractivity contribution in [2.75, 3.05) is 52.7 Å². The Bertz CT molecular complexity index is 1330. The van der Waals surface area contributed by atoms with Gasteiger partial charge >= 0.3 is 6.03 Å². The number of urea groups is 1. The number of halogens is 1. The third-order valence-corrected chi connectivity index (χ3v) is 7.81. The monoisotopic (exact) mass is 507 g/mol. The van der Waals surface area contributed by atoms with Crippen LogP contribution < -0.4 is 10.1 Å². The number of nitrogens with one attached hydrogen (secondary N) is 2. The molecular weight excluding hydrogens is 473 g/mol. The lowest BCUT2D eigenvalue weighted by molar-refractivity contribution is -0.134. The number of anilines is 1. The first-order valence-electron chi connectivity index (χ1n) is 12.6. The molecule has 0 saturated carbocycles. The lowest BCUT2D eigenvalue weighted by atomic mass is 9.68. The molecule has 5 rings (SSSR count). The average molecular weight is 508 g/mol. The van der Waals surface area contributed by atoms with Crippen LogP contribution in [0.3, 0.4) is 0 Å². The largest absolute Gasteiger partial charge is 0.497 e. The summed E-state index contributed by atoms with van der Waals surface area (Å²) in [7, 11) is 5.68. The zero-order valence-corrected chi connectivity index (χ0v) is 21.8. The number of benzene rings is 2. The van der Waals surface area contributed by atoms with E-state index in [1.165, 1.54) is 11.6 Å². The number of carbonyl (C=O) groups excluding carboxylic acids is 2. The summed E-state index contributed by atoms with van der Waals surface area (Å²) in [5.74, 6) is 0.347. The van der Waals surface area contributed by atoms with Gasteiger partial charge in [-0.3, -0.25) is 4.79 Å². The van der Waals surface area contributed by atoms with E-state index < -0.39 is 5.82 Å². The number of H-pyrrole nitrogens is 1. The highest BCUT2D eigenvalue weighted by molar-refractivity contribution is 5.90. The molecule has 2 N–H and O–H groups in total. The van der Waals surface area contributed by atoms with Crippen LogP contribution in [-0.4, -0.2) is 79.0 Å². The summed E-state index contributed by atoms with van der Waals surface area (Å²) in [6.45, 7) is 3.93. The van der Waals surface area contributed by atoms with Crippen LogP contribution >= 0.6 is 0 Å². The summed E-state index contributed by atoms with van der Waals surface area (Å²) in [5.41, 5.74) is 3.15. The number of aromatic nitrogens is 1. The van der Waals surface area contributed by atoms with Crippen LogP contribution in [0, 0.1) is 5.82 Å². The topological polar surface area (TPSA) is 80.9 Å². The molecule has 2 aromatic carbocycles. The summed E-state index contributed by atoms with van der Waals surface area (Å²) in [5, 5.41) is 3.84. The molecular formula is C28H34FN5O3. The molecule has 3 heterocycles. The number of piperidine rings is 1. The Morgan fingerprint density at radius 1 is 1.19 bits per heavy atom. The molecule has 1 saturated heterocycles. The number of rotatable bonds is 4. The van der Waals surface area contributed by atoms with E-state index in [1.807, 2.05) is 31.1 Å². The predicted octanol–water partition coefficient (Wildman–Crippen LogP) is 4.35. The van der Waals surface area contributed by atoms with Gasteiger partial charge in [0.2, 0.25) is 5.91 Å². The van der Waals surface area contributed by atoms with Crippen molar-refractivity contribution < 1.29 is 18.7 Å². The highest BCUT2D eigenvalue weighted by Gasteiger charge is 2.48. The fourth-order valence-electron chi connectivity index (χ4n) is 5.99. The van der Waals surface area contributed by atoms with Crippen LogP contribution in [-0.2, 0) is 10.2 Å². The van der Waals surface area contributed by atoms with Gasteiger partial charge in [-0.05, 0) is 56.8 Å². The van der Waals surface area contributed by atoms with Gasteiger partial charge in [0.1, 0.15) is 11.6 Å². The van der Waals surface area contributed by atoms with E-state index in [0.717, 1.165) is 22.3 Å². The standard InChI is InChI=1S/C28H34FN5O3/c1-18(35)34-17-28(11-13-33(14-12-28)27(36)31-22-8-6-5-7-21(22)29)25-20-10-9-19(37-4)15-23(20)30-26(25)24(34)16-32(2)3/h5-10,15,24,30H,11-14,16-17H2,1-4H3,(H,31,36). The van der Waals surface area contributed by atoms with Crippen molar-refractivity contribution in [1.29, 1.82) is 0 Å². The highest BCUT2D eigenvalue weighted by Crippen LogP contribution is 2.49. The second kappa shape index (κ2) is 9.70. The van der Waals surface area contributed by atoms with Gasteiger partial charge in [-0.15, -0.1) is 0 Å². The van der Waals surface area contributed by atoms with Gasteiger partial charge in [0.15, 0.2) is 0 Å². The molecule has 1 aromatic heterocycles. The number of carbonyl (C=O) groups is 2. The minimum absolute atomic E-state index is 0.0350. The van der Waals surface area contributed by atoms with Gasteiger partial charge in [-0.1, -0.05) is 12.1 Å². The third-order valence-electron chi connectivity index (χ3n) is 7.81. The van der Waals surface area contributed by atoms with Gasteiger partial charge in [0.25, 0.3) is 0 Å². The number of methoxy groups -OCH3 is 1. The molecule has 3 aromatic rings. The van der Waals surface area contributed by atoms with Crippen LogP contribution in [0.15, 0.2) is 42.5 Å². The van der Waals surface area contributed by atoms with E-state index >= 15 is 0 Å². The van der Waals surface area contributed by atoms with Crippen molar-refractivity contribution in [3.8, 4) is 5.75 Å². The van der Waals surface area contributed by atoms with Gasteiger partial charge in [0, 0.05) is 61.2 Å². The van der Waals surface area contributed by atoms with Crippen molar-refractivity contribution in [2.24, 2.45) is 0 Å². The Balaban J connectivity index is 1.50. The maximum absolute atomic E-state index is 14.1. The van der Waals surface area contributed by atoms with Gasteiger partial charge < -0.3 is 29.7 Å². The molecule has 9 heteroatoms. The maximum atomic E-state index is 14.1.